The molecule has 0 radical (unpaired) electrons. The molecular formula is C10H19N5. The number of nitrogens with zero attached hydrogens (tertiary/aromatic N) is 2. The third-order valence-electron chi connectivity index (χ3n) is 2.02. The van der Waals surface area contributed by atoms with E-state index in [0.717, 1.165) is 11.4 Å². The van der Waals surface area contributed by atoms with Gasteiger partial charge in [-0.15, -0.1) is 0 Å². The number of nitrogen functional groups attached to an aromatic ring is 1. The Labute approximate surface area is 90.5 Å². The van der Waals surface area contributed by atoms with Crippen LogP contribution in [0.2, 0.25) is 0 Å². The monoisotopic (exact) mass is 209 g/mol. The highest BCUT2D eigenvalue weighted by Gasteiger charge is 2.14. The Morgan fingerprint density at radius 1 is 1.13 bits per heavy atom. The van der Waals surface area contributed by atoms with Gasteiger partial charge in [-0.1, -0.05) is 13.8 Å². The van der Waals surface area contributed by atoms with Crippen molar-refractivity contribution in [3.63, 3.8) is 0 Å². The third-order valence-corrected chi connectivity index (χ3v) is 2.02. The van der Waals surface area contributed by atoms with E-state index >= 15 is 0 Å². The molecule has 1 aromatic heterocycles. The Kier molecular flexibility index (Phi) is 3.85. The van der Waals surface area contributed by atoms with E-state index in [1.165, 1.54) is 6.33 Å². The fourth-order valence-electron chi connectivity index (χ4n) is 1.45. The van der Waals surface area contributed by atoms with Gasteiger partial charge in [0, 0.05) is 11.6 Å². The summed E-state index contributed by atoms with van der Waals surface area (Å²) in [5.74, 6) is 7.27. The lowest BCUT2D eigenvalue weighted by atomic mass is 10.0. The van der Waals surface area contributed by atoms with E-state index in [-0.39, 0.29) is 0 Å². The summed E-state index contributed by atoms with van der Waals surface area (Å²) < 4.78 is 0. The molecule has 0 aromatic carbocycles. The highest BCUT2D eigenvalue weighted by atomic mass is 15.3. The summed E-state index contributed by atoms with van der Waals surface area (Å²) in [4.78, 5) is 8.33. The summed E-state index contributed by atoms with van der Waals surface area (Å²) in [7, 11) is 0. The Hall–Kier alpha value is -1.36. The SMILES string of the molecule is CC(C)Nc1ncnc(NN)c1C(C)C. The minimum atomic E-state index is 0.318. The van der Waals surface area contributed by atoms with Gasteiger partial charge in [-0.3, -0.25) is 0 Å². The van der Waals surface area contributed by atoms with Gasteiger partial charge in [-0.25, -0.2) is 15.8 Å². The van der Waals surface area contributed by atoms with Crippen molar-refractivity contribution in [2.75, 3.05) is 10.7 Å². The van der Waals surface area contributed by atoms with E-state index in [4.69, 9.17) is 5.84 Å². The van der Waals surface area contributed by atoms with Crippen molar-refractivity contribution < 1.29 is 0 Å². The Morgan fingerprint density at radius 3 is 2.20 bits per heavy atom. The minimum absolute atomic E-state index is 0.318. The van der Waals surface area contributed by atoms with Gasteiger partial charge in [-0.05, 0) is 19.8 Å². The quantitative estimate of drug-likeness (QED) is 0.520. The van der Waals surface area contributed by atoms with E-state index < -0.39 is 0 Å². The van der Waals surface area contributed by atoms with E-state index in [9.17, 15) is 0 Å². The van der Waals surface area contributed by atoms with Gasteiger partial charge >= 0.3 is 0 Å². The topological polar surface area (TPSA) is 75.9 Å². The zero-order valence-electron chi connectivity index (χ0n) is 9.70. The number of hydrogen-bond acceptors (Lipinski definition) is 5. The molecule has 5 heteroatoms. The maximum absolute atomic E-state index is 5.42. The zero-order valence-corrected chi connectivity index (χ0v) is 9.70. The lowest BCUT2D eigenvalue weighted by molar-refractivity contribution is 0.824. The van der Waals surface area contributed by atoms with Crippen molar-refractivity contribution in [1.29, 1.82) is 0 Å². The number of hydrogen-bond donors (Lipinski definition) is 3. The van der Waals surface area contributed by atoms with Crippen LogP contribution in [0.4, 0.5) is 11.6 Å². The van der Waals surface area contributed by atoms with Crippen LogP contribution >= 0.6 is 0 Å². The fraction of sp³-hybridized carbons (Fsp3) is 0.600. The number of nitrogens with two attached hydrogens (primary N) is 1. The summed E-state index contributed by atoms with van der Waals surface area (Å²) in [5, 5.41) is 3.28. The second-order valence-electron chi connectivity index (χ2n) is 4.08. The van der Waals surface area contributed by atoms with Gasteiger partial charge in [0.15, 0.2) is 0 Å². The van der Waals surface area contributed by atoms with Crippen LogP contribution < -0.4 is 16.6 Å². The van der Waals surface area contributed by atoms with E-state index in [1.807, 2.05) is 0 Å². The lowest BCUT2D eigenvalue weighted by Gasteiger charge is -2.17. The Balaban J connectivity index is 3.13. The molecule has 0 saturated heterocycles. The average Bonchev–Trinajstić information content (AvgIpc) is 2.15. The molecule has 0 atom stereocenters. The molecule has 0 bridgehead atoms. The first-order valence-electron chi connectivity index (χ1n) is 5.14. The number of aromatic nitrogens is 2. The van der Waals surface area contributed by atoms with Crippen molar-refractivity contribution in [2.45, 2.75) is 39.7 Å². The summed E-state index contributed by atoms with van der Waals surface area (Å²) in [6.45, 7) is 8.32. The molecule has 4 N–H and O–H groups in total. The van der Waals surface area contributed by atoms with E-state index in [1.54, 1.807) is 0 Å². The molecule has 0 saturated carbocycles. The van der Waals surface area contributed by atoms with Gasteiger partial charge < -0.3 is 10.7 Å². The zero-order chi connectivity index (χ0) is 11.4. The van der Waals surface area contributed by atoms with Gasteiger partial charge in [0.25, 0.3) is 0 Å². The van der Waals surface area contributed by atoms with Gasteiger partial charge in [0.05, 0.1) is 0 Å². The number of rotatable bonds is 4. The highest BCUT2D eigenvalue weighted by molar-refractivity contribution is 5.58. The molecule has 0 spiro atoms. The van der Waals surface area contributed by atoms with Crippen LogP contribution in [0.15, 0.2) is 6.33 Å². The predicted molar refractivity (Wildman–Crippen MR) is 62.7 cm³/mol. The predicted octanol–water partition coefficient (Wildman–Crippen LogP) is 1.71. The molecule has 0 fully saturated rings. The van der Waals surface area contributed by atoms with Crippen molar-refractivity contribution in [3.8, 4) is 0 Å². The Bertz CT molecular complexity index is 322. The van der Waals surface area contributed by atoms with Crippen LogP contribution in [0, 0.1) is 0 Å². The molecule has 0 aliphatic rings. The number of anilines is 2. The van der Waals surface area contributed by atoms with E-state index in [2.05, 4.69) is 48.4 Å². The minimum Gasteiger partial charge on any atom is -0.367 e. The van der Waals surface area contributed by atoms with Crippen LogP contribution in [0.5, 0.6) is 0 Å². The van der Waals surface area contributed by atoms with E-state index in [0.29, 0.717) is 17.8 Å². The van der Waals surface area contributed by atoms with Crippen molar-refractivity contribution in [1.82, 2.24) is 9.97 Å². The van der Waals surface area contributed by atoms with Gasteiger partial charge in [-0.2, -0.15) is 0 Å². The molecule has 0 amide bonds. The van der Waals surface area contributed by atoms with Gasteiger partial charge in [0.2, 0.25) is 0 Å². The molecular weight excluding hydrogens is 190 g/mol. The largest absolute Gasteiger partial charge is 0.367 e. The highest BCUT2D eigenvalue weighted by Crippen LogP contribution is 2.27. The molecule has 1 aromatic rings. The molecule has 15 heavy (non-hydrogen) atoms. The normalized spacial score (nSPS) is 10.9. The van der Waals surface area contributed by atoms with Crippen LogP contribution in [0.25, 0.3) is 0 Å². The maximum Gasteiger partial charge on any atom is 0.148 e. The van der Waals surface area contributed by atoms with Crippen molar-refractivity contribution in [3.05, 3.63) is 11.9 Å². The van der Waals surface area contributed by atoms with Crippen molar-refractivity contribution in [2.24, 2.45) is 5.84 Å². The standard InChI is InChI=1S/C10H19N5/c1-6(2)8-9(14-7(3)4)12-5-13-10(8)15-11/h5-7H,11H2,1-4H3,(H2,12,13,14,15). The first kappa shape index (κ1) is 11.7. The van der Waals surface area contributed by atoms with Crippen LogP contribution in [-0.2, 0) is 0 Å². The first-order valence-corrected chi connectivity index (χ1v) is 5.14. The van der Waals surface area contributed by atoms with Crippen LogP contribution in [0.1, 0.15) is 39.2 Å². The third kappa shape index (κ3) is 2.79. The molecule has 0 aliphatic carbocycles. The summed E-state index contributed by atoms with van der Waals surface area (Å²) in [6.07, 6.45) is 1.51. The number of nitrogens with one attached hydrogen (secondary N) is 2. The van der Waals surface area contributed by atoms with Crippen LogP contribution in [-0.4, -0.2) is 16.0 Å². The van der Waals surface area contributed by atoms with Crippen LogP contribution in [0.3, 0.4) is 0 Å². The summed E-state index contributed by atoms with van der Waals surface area (Å²) >= 11 is 0. The first-order chi connectivity index (χ1) is 7.06. The maximum atomic E-state index is 5.42. The molecule has 1 heterocycles. The molecule has 0 unspecified atom stereocenters. The Morgan fingerprint density at radius 2 is 1.73 bits per heavy atom. The van der Waals surface area contributed by atoms with Crippen molar-refractivity contribution >= 4 is 11.6 Å². The second kappa shape index (κ2) is 4.93. The smallest absolute Gasteiger partial charge is 0.148 e. The summed E-state index contributed by atoms with van der Waals surface area (Å²) in [5.41, 5.74) is 3.62. The fourth-order valence-corrected chi connectivity index (χ4v) is 1.45. The summed E-state index contributed by atoms with van der Waals surface area (Å²) in [6, 6.07) is 0.336. The lowest BCUT2D eigenvalue weighted by Crippen LogP contribution is -2.18. The molecule has 5 nitrogen and oxygen atoms in total. The molecule has 84 valence electrons. The second-order valence-corrected chi connectivity index (χ2v) is 4.08. The number of hydrazine groups is 1. The molecule has 0 aliphatic heterocycles. The van der Waals surface area contributed by atoms with Gasteiger partial charge in [0.1, 0.15) is 18.0 Å². The average molecular weight is 209 g/mol. The molecule has 1 rings (SSSR count).